The third-order valence-electron chi connectivity index (χ3n) is 7.11. The highest BCUT2D eigenvalue weighted by Crippen LogP contribution is 2.32. The number of methoxy groups -OCH3 is 1. The number of halogens is 1. The number of carbonyl (C=O) groups excluding carboxylic acids is 1. The van der Waals surface area contributed by atoms with Gasteiger partial charge in [0.2, 0.25) is 5.91 Å². The quantitative estimate of drug-likeness (QED) is 0.299. The maximum absolute atomic E-state index is 12.7. The van der Waals surface area contributed by atoms with E-state index < -0.39 is 0 Å². The summed E-state index contributed by atoms with van der Waals surface area (Å²) >= 11 is 0. The largest absolute Gasteiger partial charge is 0.495 e. The van der Waals surface area contributed by atoms with E-state index in [-0.39, 0.29) is 35.9 Å². The minimum absolute atomic E-state index is 0. The van der Waals surface area contributed by atoms with Gasteiger partial charge in [0.15, 0.2) is 5.96 Å². The summed E-state index contributed by atoms with van der Waals surface area (Å²) in [6.07, 6.45) is 6.69. The molecule has 0 bridgehead atoms. The fourth-order valence-corrected chi connectivity index (χ4v) is 5.33. The van der Waals surface area contributed by atoms with Gasteiger partial charge in [-0.3, -0.25) is 9.79 Å². The molecule has 7 nitrogen and oxygen atoms in total. The van der Waals surface area contributed by atoms with Crippen molar-refractivity contribution in [2.24, 2.45) is 16.8 Å². The van der Waals surface area contributed by atoms with Crippen LogP contribution in [0.5, 0.6) is 5.75 Å². The smallest absolute Gasteiger partial charge is 0.225 e. The predicted molar refractivity (Wildman–Crippen MR) is 145 cm³/mol. The standard InChI is InChI=1S/C25H39N5O2.HI/c1-3-26-25(28-21-13-15-30(18-21)24(31)20-8-4-5-9-20)27-16-19-12-14-29(17-19)22-10-6-7-11-23(22)32-2;/h6-7,10-11,19-21H,3-5,8-9,12-18H2,1-2H3,(H2,26,27,28);1H. The number of likely N-dealkylation sites (tertiary alicyclic amines) is 1. The number of carbonyl (C=O) groups is 1. The minimum Gasteiger partial charge on any atom is -0.495 e. The van der Waals surface area contributed by atoms with E-state index in [2.05, 4.69) is 39.5 Å². The van der Waals surface area contributed by atoms with Gasteiger partial charge in [-0.2, -0.15) is 0 Å². The molecule has 1 aromatic rings. The number of anilines is 1. The van der Waals surface area contributed by atoms with Crippen molar-refractivity contribution < 1.29 is 9.53 Å². The number of nitrogens with one attached hydrogen (secondary N) is 2. The Balaban J connectivity index is 0.00000306. The highest BCUT2D eigenvalue weighted by molar-refractivity contribution is 14.0. The fraction of sp³-hybridized carbons (Fsp3) is 0.680. The van der Waals surface area contributed by atoms with Crippen molar-refractivity contribution in [2.75, 3.05) is 51.3 Å². The lowest BCUT2D eigenvalue weighted by atomic mass is 10.1. The lowest BCUT2D eigenvalue weighted by molar-refractivity contribution is -0.134. The highest BCUT2D eigenvalue weighted by Gasteiger charge is 2.32. The number of rotatable bonds is 7. The number of aliphatic imine (C=N–C) groups is 1. The summed E-state index contributed by atoms with van der Waals surface area (Å²) < 4.78 is 5.54. The Morgan fingerprint density at radius 3 is 2.67 bits per heavy atom. The first-order chi connectivity index (χ1) is 15.7. The maximum atomic E-state index is 12.7. The summed E-state index contributed by atoms with van der Waals surface area (Å²) in [5, 5.41) is 6.98. The molecule has 33 heavy (non-hydrogen) atoms. The Kier molecular flexibility index (Phi) is 9.94. The second-order valence-corrected chi connectivity index (χ2v) is 9.39. The Hall–Kier alpha value is -1.71. The number of hydrogen-bond donors (Lipinski definition) is 2. The maximum Gasteiger partial charge on any atom is 0.225 e. The summed E-state index contributed by atoms with van der Waals surface area (Å²) in [6.45, 7) is 7.43. The first-order valence-electron chi connectivity index (χ1n) is 12.4. The van der Waals surface area contributed by atoms with Crippen molar-refractivity contribution in [3.8, 4) is 5.75 Å². The van der Waals surface area contributed by atoms with Crippen LogP contribution in [0.2, 0.25) is 0 Å². The van der Waals surface area contributed by atoms with Crippen LogP contribution in [0.15, 0.2) is 29.3 Å². The molecule has 1 aromatic carbocycles. The summed E-state index contributed by atoms with van der Waals surface area (Å²) in [5.41, 5.74) is 1.17. The summed E-state index contributed by atoms with van der Waals surface area (Å²) in [4.78, 5) is 22.1. The lowest BCUT2D eigenvalue weighted by Crippen LogP contribution is -2.45. The van der Waals surface area contributed by atoms with Crippen LogP contribution in [0.25, 0.3) is 0 Å². The molecule has 184 valence electrons. The molecule has 4 rings (SSSR count). The van der Waals surface area contributed by atoms with Crippen LogP contribution in [0, 0.1) is 11.8 Å². The second-order valence-electron chi connectivity index (χ2n) is 9.39. The molecule has 1 amide bonds. The molecule has 2 aliphatic heterocycles. The van der Waals surface area contributed by atoms with Gasteiger partial charge in [-0.1, -0.05) is 25.0 Å². The van der Waals surface area contributed by atoms with Gasteiger partial charge in [0, 0.05) is 51.2 Å². The Morgan fingerprint density at radius 1 is 1.12 bits per heavy atom. The average Bonchev–Trinajstić information content (AvgIpc) is 3.59. The van der Waals surface area contributed by atoms with Gasteiger partial charge < -0.3 is 25.2 Å². The Morgan fingerprint density at radius 2 is 1.91 bits per heavy atom. The van der Waals surface area contributed by atoms with E-state index in [1.165, 1.54) is 18.5 Å². The van der Waals surface area contributed by atoms with Crippen LogP contribution in [0.4, 0.5) is 5.69 Å². The van der Waals surface area contributed by atoms with Crippen LogP contribution in [-0.2, 0) is 4.79 Å². The number of nitrogens with zero attached hydrogens (tertiary/aromatic N) is 3. The van der Waals surface area contributed by atoms with Crippen molar-refractivity contribution in [1.29, 1.82) is 0 Å². The van der Waals surface area contributed by atoms with E-state index in [4.69, 9.17) is 9.73 Å². The van der Waals surface area contributed by atoms with Gasteiger partial charge in [0.1, 0.15) is 5.75 Å². The van der Waals surface area contributed by atoms with E-state index in [0.717, 1.165) is 76.7 Å². The van der Waals surface area contributed by atoms with Crippen LogP contribution in [-0.4, -0.2) is 69.2 Å². The van der Waals surface area contributed by atoms with Crippen LogP contribution in [0.3, 0.4) is 0 Å². The topological polar surface area (TPSA) is 69.2 Å². The van der Waals surface area contributed by atoms with Gasteiger partial charge in [-0.05, 0) is 50.7 Å². The zero-order chi connectivity index (χ0) is 22.3. The van der Waals surface area contributed by atoms with E-state index >= 15 is 0 Å². The molecule has 2 N–H and O–H groups in total. The lowest BCUT2D eigenvalue weighted by Gasteiger charge is -2.22. The predicted octanol–water partition coefficient (Wildman–Crippen LogP) is 3.49. The molecule has 2 unspecified atom stereocenters. The average molecular weight is 570 g/mol. The van der Waals surface area contributed by atoms with Crippen molar-refractivity contribution in [3.05, 3.63) is 24.3 Å². The van der Waals surface area contributed by atoms with Gasteiger partial charge in [-0.15, -0.1) is 24.0 Å². The van der Waals surface area contributed by atoms with Gasteiger partial charge in [0.25, 0.3) is 0 Å². The van der Waals surface area contributed by atoms with Gasteiger partial charge >= 0.3 is 0 Å². The molecular weight excluding hydrogens is 529 g/mol. The van der Waals surface area contributed by atoms with Crippen LogP contribution >= 0.6 is 24.0 Å². The van der Waals surface area contributed by atoms with Gasteiger partial charge in [-0.25, -0.2) is 0 Å². The van der Waals surface area contributed by atoms with Crippen molar-refractivity contribution in [2.45, 2.75) is 51.5 Å². The molecule has 8 heteroatoms. The molecule has 1 aliphatic carbocycles. The molecule has 2 atom stereocenters. The third-order valence-corrected chi connectivity index (χ3v) is 7.11. The Labute approximate surface area is 215 Å². The van der Waals surface area contributed by atoms with Crippen LogP contribution in [0.1, 0.15) is 45.4 Å². The fourth-order valence-electron chi connectivity index (χ4n) is 5.33. The zero-order valence-corrected chi connectivity index (χ0v) is 22.4. The molecule has 0 radical (unpaired) electrons. The first kappa shape index (κ1) is 25.9. The van der Waals surface area contributed by atoms with Crippen molar-refractivity contribution in [3.63, 3.8) is 0 Å². The molecule has 1 saturated carbocycles. The molecule has 3 fully saturated rings. The number of ether oxygens (including phenoxy) is 1. The van der Waals surface area contributed by atoms with E-state index in [1.807, 2.05) is 12.1 Å². The summed E-state index contributed by atoms with van der Waals surface area (Å²) in [6, 6.07) is 8.52. The number of hydrogen-bond acceptors (Lipinski definition) is 4. The zero-order valence-electron chi connectivity index (χ0n) is 20.1. The highest BCUT2D eigenvalue weighted by atomic mass is 127. The first-order valence-corrected chi connectivity index (χ1v) is 12.4. The summed E-state index contributed by atoms with van der Waals surface area (Å²) in [5.74, 6) is 2.98. The second kappa shape index (κ2) is 12.7. The minimum atomic E-state index is 0. The van der Waals surface area contributed by atoms with Crippen molar-refractivity contribution in [1.82, 2.24) is 15.5 Å². The third kappa shape index (κ3) is 6.67. The molecule has 2 heterocycles. The molecule has 0 aromatic heterocycles. The van der Waals surface area contributed by atoms with E-state index in [1.54, 1.807) is 7.11 Å². The van der Waals surface area contributed by atoms with E-state index in [9.17, 15) is 4.79 Å². The van der Waals surface area contributed by atoms with Crippen LogP contribution < -0.4 is 20.3 Å². The monoisotopic (exact) mass is 569 g/mol. The number of guanidine groups is 1. The molecule has 0 spiro atoms. The van der Waals surface area contributed by atoms with E-state index in [0.29, 0.717) is 11.8 Å². The number of benzene rings is 1. The van der Waals surface area contributed by atoms with Crippen molar-refractivity contribution >= 4 is 41.5 Å². The van der Waals surface area contributed by atoms with Gasteiger partial charge in [0.05, 0.1) is 12.8 Å². The number of para-hydroxylation sites is 2. The molecule has 2 saturated heterocycles. The normalized spacial score (nSPS) is 23.5. The SMILES string of the molecule is CCNC(=NCC1CCN(c2ccccc2OC)C1)NC1CCN(C(=O)C2CCCC2)C1.I. The number of amides is 1. The molecular formula is C25H40IN5O2. The Bertz CT molecular complexity index is 799. The summed E-state index contributed by atoms with van der Waals surface area (Å²) in [7, 11) is 1.73. The molecule has 3 aliphatic rings.